The third kappa shape index (κ3) is 4.85. The van der Waals surface area contributed by atoms with Crippen molar-refractivity contribution in [2.45, 2.75) is 4.34 Å². The Kier molecular flexibility index (Phi) is 6.72. The highest BCUT2D eigenvalue weighted by Gasteiger charge is 2.26. The molecule has 0 fully saturated rings. The van der Waals surface area contributed by atoms with Crippen molar-refractivity contribution in [3.8, 4) is 23.3 Å². The summed E-state index contributed by atoms with van der Waals surface area (Å²) >= 11 is 0.611. The van der Waals surface area contributed by atoms with Gasteiger partial charge in [0.05, 0.1) is 14.2 Å². The van der Waals surface area contributed by atoms with Crippen molar-refractivity contribution < 1.29 is 27.8 Å². The van der Waals surface area contributed by atoms with E-state index < -0.39 is 25.0 Å². The molecule has 0 spiro atoms. The molecule has 2 aromatic carbocycles. The van der Waals surface area contributed by atoms with Crippen molar-refractivity contribution in [3.63, 3.8) is 0 Å². The average molecular weight is 473 g/mol. The number of amides is 1. The molecule has 10 nitrogen and oxygen atoms in total. The highest BCUT2D eigenvalue weighted by Crippen LogP contribution is 2.30. The van der Waals surface area contributed by atoms with Crippen molar-refractivity contribution in [2.24, 2.45) is 0 Å². The summed E-state index contributed by atoms with van der Waals surface area (Å²) in [5.41, 5.74) is 0.626. The topological polar surface area (TPSA) is 151 Å². The number of nitrogens with zero attached hydrogens (tertiary/aromatic N) is 3. The number of aromatic nitrogens is 2. The number of nitrogens with one attached hydrogen (secondary N) is 1. The van der Waals surface area contributed by atoms with E-state index >= 15 is 0 Å². The molecule has 32 heavy (non-hydrogen) atoms. The number of hydrogen-bond donors (Lipinski definition) is 2. The van der Waals surface area contributed by atoms with E-state index in [2.05, 4.69) is 15.5 Å². The van der Waals surface area contributed by atoms with E-state index in [4.69, 9.17) is 9.47 Å². The lowest BCUT2D eigenvalue weighted by Gasteiger charge is -2.04. The number of carbonyl (C=O) groups is 1. The lowest BCUT2D eigenvalue weighted by Crippen LogP contribution is -2.11. The van der Waals surface area contributed by atoms with Crippen LogP contribution in [-0.4, -0.2) is 43.8 Å². The highest BCUT2D eigenvalue weighted by atomic mass is 32.2. The van der Waals surface area contributed by atoms with Gasteiger partial charge in [0.1, 0.15) is 11.8 Å². The van der Waals surface area contributed by atoms with Crippen LogP contribution in [0.15, 0.2) is 51.7 Å². The molecule has 0 atom stereocenters. The van der Waals surface area contributed by atoms with Gasteiger partial charge in [-0.05, 0) is 48.0 Å². The number of nitriles is 1. The number of anilines is 1. The third-order valence-electron chi connectivity index (χ3n) is 4.11. The van der Waals surface area contributed by atoms with E-state index in [9.17, 15) is 23.6 Å². The van der Waals surface area contributed by atoms with Gasteiger partial charge in [0.2, 0.25) is 19.3 Å². The second kappa shape index (κ2) is 9.46. The summed E-state index contributed by atoms with van der Waals surface area (Å²) in [6.45, 7) is 0. The Bertz CT molecular complexity index is 1320. The molecule has 0 aliphatic rings. The lowest BCUT2D eigenvalue weighted by molar-refractivity contribution is 0.102. The summed E-state index contributed by atoms with van der Waals surface area (Å²) in [6, 6.07) is 12.0. The first-order valence-electron chi connectivity index (χ1n) is 8.81. The fourth-order valence-electron chi connectivity index (χ4n) is 2.48. The molecule has 3 aromatic rings. The van der Waals surface area contributed by atoms with E-state index in [-0.39, 0.29) is 16.6 Å². The Balaban J connectivity index is 1.84. The number of hydrogen-bond acceptors (Lipinski definition) is 10. The van der Waals surface area contributed by atoms with Gasteiger partial charge in [-0.1, -0.05) is 17.4 Å². The van der Waals surface area contributed by atoms with Gasteiger partial charge >= 0.3 is 0 Å². The fraction of sp³-hybridized carbons (Fsp3) is 0.100. The van der Waals surface area contributed by atoms with Gasteiger partial charge in [-0.25, -0.2) is 8.42 Å². The van der Waals surface area contributed by atoms with Crippen LogP contribution in [0, 0.1) is 11.3 Å². The van der Waals surface area contributed by atoms with Crippen LogP contribution in [0.4, 0.5) is 5.13 Å². The molecule has 164 valence electrons. The molecule has 0 aliphatic heterocycles. The van der Waals surface area contributed by atoms with Crippen molar-refractivity contribution >= 4 is 38.3 Å². The summed E-state index contributed by atoms with van der Waals surface area (Å²) < 4.78 is 35.2. The second-order valence-electron chi connectivity index (χ2n) is 6.11. The fourth-order valence-corrected chi connectivity index (χ4v) is 4.65. The molecule has 0 unspecified atom stereocenters. The number of carbonyl (C=O) groups excluding carboxylic acids is 1. The Morgan fingerprint density at radius 2 is 1.88 bits per heavy atom. The van der Waals surface area contributed by atoms with Crippen LogP contribution >= 0.6 is 11.3 Å². The van der Waals surface area contributed by atoms with E-state index in [1.807, 2.05) is 0 Å². The predicted molar refractivity (Wildman–Crippen MR) is 116 cm³/mol. The molecule has 0 bridgehead atoms. The summed E-state index contributed by atoms with van der Waals surface area (Å²) in [5, 5.41) is 28.8. The maximum absolute atomic E-state index is 12.8. The minimum absolute atomic E-state index is 0.0482. The molecule has 1 heterocycles. The van der Waals surface area contributed by atoms with Crippen LogP contribution < -0.4 is 14.8 Å². The smallest absolute Gasteiger partial charge is 0.257 e. The predicted octanol–water partition coefficient (Wildman–Crippen LogP) is 2.85. The normalized spacial score (nSPS) is 11.5. The lowest BCUT2D eigenvalue weighted by atomic mass is 10.2. The zero-order chi connectivity index (χ0) is 23.3. The van der Waals surface area contributed by atoms with E-state index in [0.29, 0.717) is 28.2 Å². The number of sulfone groups is 1. The quantitative estimate of drug-likeness (QED) is 0.390. The van der Waals surface area contributed by atoms with Gasteiger partial charge in [0.25, 0.3) is 5.91 Å². The average Bonchev–Trinajstić information content (AvgIpc) is 3.27. The first kappa shape index (κ1) is 22.7. The largest absolute Gasteiger partial charge is 0.504 e. The van der Waals surface area contributed by atoms with Gasteiger partial charge in [-0.3, -0.25) is 10.1 Å². The number of phenols is 1. The monoisotopic (exact) mass is 472 g/mol. The minimum atomic E-state index is -4.29. The maximum Gasteiger partial charge on any atom is 0.257 e. The van der Waals surface area contributed by atoms with Crippen LogP contribution in [0.25, 0.3) is 6.08 Å². The number of aromatic hydroxyl groups is 1. The van der Waals surface area contributed by atoms with E-state index in [0.717, 1.165) is 6.08 Å². The Hall–Kier alpha value is -3.95. The summed E-state index contributed by atoms with van der Waals surface area (Å²) in [5.74, 6) is 0.0492. The number of rotatable bonds is 7. The molecule has 1 amide bonds. The molecule has 0 aliphatic carbocycles. The zero-order valence-electron chi connectivity index (χ0n) is 16.8. The van der Waals surface area contributed by atoms with Crippen molar-refractivity contribution in [2.75, 3.05) is 19.5 Å². The van der Waals surface area contributed by atoms with E-state index in [1.54, 1.807) is 18.2 Å². The highest BCUT2D eigenvalue weighted by molar-refractivity contribution is 7.97. The molecular formula is C20H16N4O6S2. The second-order valence-corrected chi connectivity index (χ2v) is 9.18. The molecule has 1 aromatic heterocycles. The molecule has 0 radical (unpaired) electrons. The first-order valence-corrected chi connectivity index (χ1v) is 11.1. The van der Waals surface area contributed by atoms with Crippen molar-refractivity contribution in [1.82, 2.24) is 10.2 Å². The van der Waals surface area contributed by atoms with Gasteiger partial charge in [-0.15, -0.1) is 10.2 Å². The Morgan fingerprint density at radius 3 is 2.50 bits per heavy atom. The number of allylic oxidation sites excluding steroid dienone is 1. The Labute approximate surface area is 187 Å². The summed E-state index contributed by atoms with van der Waals surface area (Å²) in [6.07, 6.45) is 1.12. The number of phenolic OH excluding ortho intramolecular Hbond substituents is 1. The minimum Gasteiger partial charge on any atom is -0.504 e. The van der Waals surface area contributed by atoms with Crippen LogP contribution in [0.3, 0.4) is 0 Å². The van der Waals surface area contributed by atoms with Crippen molar-refractivity contribution in [3.05, 3.63) is 58.5 Å². The zero-order valence-corrected chi connectivity index (χ0v) is 18.4. The van der Waals surface area contributed by atoms with Crippen molar-refractivity contribution in [1.29, 1.82) is 5.26 Å². The van der Waals surface area contributed by atoms with Crippen LogP contribution in [0.2, 0.25) is 0 Å². The number of benzene rings is 2. The number of ether oxygens (including phenoxy) is 2. The van der Waals surface area contributed by atoms with Crippen LogP contribution in [-0.2, 0) is 9.84 Å². The standard InChI is InChI=1S/C20H16N4O6S2/c1-29-14-6-4-13(5-7-14)18(26)22-19-23-24-20(31-19)32(27,28)15(11-21)9-12-3-8-16(25)17(10-12)30-2/h3-10,25H,1-2H3,(H,22,23,26)/b15-9-. The van der Waals surface area contributed by atoms with Gasteiger partial charge in [0, 0.05) is 5.56 Å². The molecule has 0 saturated heterocycles. The summed E-state index contributed by atoms with van der Waals surface area (Å²) in [7, 11) is -1.45. The molecule has 12 heteroatoms. The van der Waals surface area contributed by atoms with Gasteiger partial charge in [0.15, 0.2) is 16.4 Å². The molecule has 0 saturated carbocycles. The summed E-state index contributed by atoms with van der Waals surface area (Å²) in [4.78, 5) is 11.7. The first-order chi connectivity index (χ1) is 15.3. The van der Waals surface area contributed by atoms with Crippen LogP contribution in [0.1, 0.15) is 15.9 Å². The molecule has 2 N–H and O–H groups in total. The third-order valence-corrected chi connectivity index (χ3v) is 6.98. The number of methoxy groups -OCH3 is 2. The SMILES string of the molecule is COc1ccc(C(=O)Nc2nnc(S(=O)(=O)/C(C#N)=C\c3ccc(O)c(OC)c3)s2)cc1. The Morgan fingerprint density at radius 1 is 1.16 bits per heavy atom. The van der Waals surface area contributed by atoms with Gasteiger partial charge < -0.3 is 14.6 Å². The maximum atomic E-state index is 12.8. The van der Waals surface area contributed by atoms with Crippen LogP contribution in [0.5, 0.6) is 17.2 Å². The van der Waals surface area contributed by atoms with Gasteiger partial charge in [-0.2, -0.15) is 5.26 Å². The van der Waals surface area contributed by atoms with E-state index in [1.165, 1.54) is 44.6 Å². The molecular weight excluding hydrogens is 456 g/mol. The molecule has 3 rings (SSSR count).